The fourth-order valence-corrected chi connectivity index (χ4v) is 1.15. The van der Waals surface area contributed by atoms with Gasteiger partial charge in [-0.25, -0.2) is 0 Å². The largest absolute Gasteiger partial charge is 0.353 e. The summed E-state index contributed by atoms with van der Waals surface area (Å²) >= 11 is 0. The van der Waals surface area contributed by atoms with Gasteiger partial charge in [-0.3, -0.25) is 9.48 Å². The lowest BCUT2D eigenvalue weighted by Gasteiger charge is -2.15. The molecule has 0 aliphatic rings. The van der Waals surface area contributed by atoms with E-state index in [0.717, 1.165) is 0 Å². The highest BCUT2D eigenvalue weighted by Gasteiger charge is 2.15. The molecule has 1 atom stereocenters. The van der Waals surface area contributed by atoms with Crippen LogP contribution >= 0.6 is 0 Å². The van der Waals surface area contributed by atoms with Crippen molar-refractivity contribution in [2.24, 2.45) is 11.7 Å². The van der Waals surface area contributed by atoms with Gasteiger partial charge in [0.15, 0.2) is 0 Å². The quantitative estimate of drug-likeness (QED) is 0.717. The number of rotatable bonds is 5. The number of hydrogen-bond acceptors (Lipinski definition) is 3. The molecule has 0 aliphatic carbocycles. The summed E-state index contributed by atoms with van der Waals surface area (Å²) in [5.74, 6) is 0.0619. The van der Waals surface area contributed by atoms with Crippen molar-refractivity contribution in [2.75, 3.05) is 6.54 Å². The zero-order chi connectivity index (χ0) is 11.3. The van der Waals surface area contributed by atoms with Crippen LogP contribution in [0.1, 0.15) is 13.8 Å². The summed E-state index contributed by atoms with van der Waals surface area (Å²) in [7, 11) is 0. The first-order chi connectivity index (χ1) is 7.11. The minimum Gasteiger partial charge on any atom is -0.353 e. The molecule has 84 valence electrons. The minimum absolute atomic E-state index is 0.0999. The zero-order valence-corrected chi connectivity index (χ0v) is 9.18. The molecule has 0 saturated heterocycles. The van der Waals surface area contributed by atoms with Gasteiger partial charge in [0.1, 0.15) is 0 Å². The van der Waals surface area contributed by atoms with E-state index in [4.69, 9.17) is 5.73 Å². The molecule has 0 bridgehead atoms. The van der Waals surface area contributed by atoms with E-state index < -0.39 is 6.04 Å². The second-order valence-electron chi connectivity index (χ2n) is 3.83. The summed E-state index contributed by atoms with van der Waals surface area (Å²) in [6.45, 7) is 5.08. The summed E-state index contributed by atoms with van der Waals surface area (Å²) in [6, 6.07) is 1.42. The third-order valence-corrected chi connectivity index (χ3v) is 2.22. The van der Waals surface area contributed by atoms with Gasteiger partial charge in [-0.05, 0) is 12.0 Å². The number of aromatic nitrogens is 2. The molecule has 1 rings (SSSR count). The van der Waals surface area contributed by atoms with E-state index in [1.165, 1.54) is 0 Å². The van der Waals surface area contributed by atoms with E-state index in [0.29, 0.717) is 13.1 Å². The van der Waals surface area contributed by atoms with Crippen LogP contribution in [0.2, 0.25) is 0 Å². The highest BCUT2D eigenvalue weighted by Crippen LogP contribution is 1.97. The fraction of sp³-hybridized carbons (Fsp3) is 0.600. The highest BCUT2D eigenvalue weighted by molar-refractivity contribution is 5.81. The van der Waals surface area contributed by atoms with Crippen LogP contribution in [0, 0.1) is 5.92 Å². The lowest BCUT2D eigenvalue weighted by molar-refractivity contribution is -0.123. The average molecular weight is 210 g/mol. The third-order valence-electron chi connectivity index (χ3n) is 2.22. The predicted molar refractivity (Wildman–Crippen MR) is 58.1 cm³/mol. The van der Waals surface area contributed by atoms with Crippen molar-refractivity contribution in [3.63, 3.8) is 0 Å². The number of nitrogens with two attached hydrogens (primary N) is 1. The smallest absolute Gasteiger partial charge is 0.237 e. The van der Waals surface area contributed by atoms with Crippen LogP contribution in [0.15, 0.2) is 18.5 Å². The van der Waals surface area contributed by atoms with Gasteiger partial charge < -0.3 is 11.1 Å². The minimum atomic E-state index is -0.428. The first-order valence-corrected chi connectivity index (χ1v) is 5.12. The fourth-order valence-electron chi connectivity index (χ4n) is 1.15. The maximum absolute atomic E-state index is 11.4. The summed E-state index contributed by atoms with van der Waals surface area (Å²) in [5.41, 5.74) is 5.68. The Bertz CT molecular complexity index is 294. The number of carbonyl (C=O) groups is 1. The summed E-state index contributed by atoms with van der Waals surface area (Å²) in [5, 5.41) is 6.80. The Balaban J connectivity index is 2.23. The van der Waals surface area contributed by atoms with Crippen LogP contribution in [-0.2, 0) is 11.3 Å². The lowest BCUT2D eigenvalue weighted by atomic mass is 10.1. The van der Waals surface area contributed by atoms with Crippen molar-refractivity contribution in [2.45, 2.75) is 26.4 Å². The molecule has 5 heteroatoms. The van der Waals surface area contributed by atoms with Crippen LogP contribution in [-0.4, -0.2) is 28.3 Å². The van der Waals surface area contributed by atoms with Gasteiger partial charge >= 0.3 is 0 Å². The molecule has 0 fully saturated rings. The molecular formula is C10H18N4O. The van der Waals surface area contributed by atoms with Crippen LogP contribution in [0.5, 0.6) is 0 Å². The Kier molecular flexibility index (Phi) is 4.30. The first-order valence-electron chi connectivity index (χ1n) is 5.12. The SMILES string of the molecule is CC(C)C(N)C(=O)NCCn1cccn1. The molecule has 1 unspecified atom stereocenters. The summed E-state index contributed by atoms with van der Waals surface area (Å²) in [4.78, 5) is 11.4. The summed E-state index contributed by atoms with van der Waals surface area (Å²) in [6.07, 6.45) is 3.57. The molecule has 0 radical (unpaired) electrons. The number of nitrogens with one attached hydrogen (secondary N) is 1. The maximum atomic E-state index is 11.4. The topological polar surface area (TPSA) is 72.9 Å². The maximum Gasteiger partial charge on any atom is 0.237 e. The Morgan fingerprint density at radius 2 is 2.33 bits per heavy atom. The van der Waals surface area contributed by atoms with Gasteiger partial charge in [-0.15, -0.1) is 0 Å². The van der Waals surface area contributed by atoms with Gasteiger partial charge in [-0.1, -0.05) is 13.8 Å². The molecule has 15 heavy (non-hydrogen) atoms. The van der Waals surface area contributed by atoms with E-state index in [1.807, 2.05) is 26.1 Å². The Hall–Kier alpha value is -1.36. The number of hydrogen-bond donors (Lipinski definition) is 2. The molecule has 3 N–H and O–H groups in total. The van der Waals surface area contributed by atoms with Crippen molar-refractivity contribution < 1.29 is 4.79 Å². The van der Waals surface area contributed by atoms with Crippen LogP contribution in [0.25, 0.3) is 0 Å². The molecule has 0 aliphatic heterocycles. The van der Waals surface area contributed by atoms with Gasteiger partial charge in [0.25, 0.3) is 0 Å². The van der Waals surface area contributed by atoms with Crippen molar-refractivity contribution in [1.82, 2.24) is 15.1 Å². The zero-order valence-electron chi connectivity index (χ0n) is 9.18. The number of amides is 1. The molecule has 0 saturated carbocycles. The predicted octanol–water partition coefficient (Wildman–Crippen LogP) is -0.0174. The van der Waals surface area contributed by atoms with E-state index in [1.54, 1.807) is 10.9 Å². The molecular weight excluding hydrogens is 192 g/mol. The van der Waals surface area contributed by atoms with E-state index >= 15 is 0 Å². The third kappa shape index (κ3) is 3.71. The number of carbonyl (C=O) groups excluding carboxylic acids is 1. The Labute approximate surface area is 89.6 Å². The first kappa shape index (κ1) is 11.7. The van der Waals surface area contributed by atoms with Crippen molar-refractivity contribution >= 4 is 5.91 Å². The van der Waals surface area contributed by atoms with Crippen molar-refractivity contribution in [3.05, 3.63) is 18.5 Å². The highest BCUT2D eigenvalue weighted by atomic mass is 16.2. The normalized spacial score (nSPS) is 12.8. The monoisotopic (exact) mass is 210 g/mol. The molecule has 1 aromatic heterocycles. The van der Waals surface area contributed by atoms with Gasteiger partial charge in [0.05, 0.1) is 12.6 Å². The molecule has 1 heterocycles. The van der Waals surface area contributed by atoms with E-state index in [9.17, 15) is 4.79 Å². The van der Waals surface area contributed by atoms with Crippen LogP contribution in [0.4, 0.5) is 0 Å². The van der Waals surface area contributed by atoms with Crippen LogP contribution in [0.3, 0.4) is 0 Å². The molecule has 0 spiro atoms. The molecule has 1 amide bonds. The standard InChI is InChI=1S/C10H18N4O/c1-8(2)9(11)10(15)12-5-7-14-6-3-4-13-14/h3-4,6,8-9H,5,7,11H2,1-2H3,(H,12,15). The molecule has 1 aromatic rings. The average Bonchev–Trinajstić information content (AvgIpc) is 2.69. The van der Waals surface area contributed by atoms with Gasteiger partial charge in [0, 0.05) is 18.9 Å². The molecule has 5 nitrogen and oxygen atoms in total. The lowest BCUT2D eigenvalue weighted by Crippen LogP contribution is -2.44. The number of nitrogens with zero attached hydrogens (tertiary/aromatic N) is 2. The van der Waals surface area contributed by atoms with Gasteiger partial charge in [-0.2, -0.15) is 5.10 Å². The molecule has 0 aromatic carbocycles. The Morgan fingerprint density at radius 3 is 2.87 bits per heavy atom. The second-order valence-corrected chi connectivity index (χ2v) is 3.83. The van der Waals surface area contributed by atoms with E-state index in [2.05, 4.69) is 10.4 Å². The van der Waals surface area contributed by atoms with Crippen LogP contribution < -0.4 is 11.1 Å². The second kappa shape index (κ2) is 5.50. The van der Waals surface area contributed by atoms with Crippen molar-refractivity contribution in [3.8, 4) is 0 Å². The summed E-state index contributed by atoms with van der Waals surface area (Å²) < 4.78 is 1.77. The Morgan fingerprint density at radius 1 is 1.60 bits per heavy atom. The van der Waals surface area contributed by atoms with Gasteiger partial charge in [0.2, 0.25) is 5.91 Å². The van der Waals surface area contributed by atoms with E-state index in [-0.39, 0.29) is 11.8 Å². The van der Waals surface area contributed by atoms with Crippen molar-refractivity contribution in [1.29, 1.82) is 0 Å².